The molecule has 1 aromatic carbocycles. The van der Waals surface area contributed by atoms with E-state index >= 15 is 0 Å². The minimum Gasteiger partial charge on any atom is -0.406 e. The molecule has 96 valence electrons. The van der Waals surface area contributed by atoms with Gasteiger partial charge in [0.2, 0.25) is 5.89 Å². The fraction of sp³-hybridized carbons (Fsp3) is 0.273. The normalized spacial score (nSPS) is 10.6. The number of hydrogen-bond donors (Lipinski definition) is 2. The smallest absolute Gasteiger partial charge is 0.320 e. The molecular formula is C11H12Cl2N4O. The second-order valence-electron chi connectivity index (χ2n) is 3.53. The topological polar surface area (TPSA) is 63.0 Å². The number of nitrogens with zero attached hydrogens (tertiary/aromatic N) is 2. The molecule has 0 saturated carbocycles. The van der Waals surface area contributed by atoms with E-state index in [0.29, 0.717) is 28.2 Å². The van der Waals surface area contributed by atoms with Gasteiger partial charge in [-0.2, -0.15) is 0 Å². The minimum atomic E-state index is 0.284. The van der Waals surface area contributed by atoms with Crippen molar-refractivity contribution in [3.63, 3.8) is 0 Å². The predicted molar refractivity (Wildman–Crippen MR) is 71.4 cm³/mol. The van der Waals surface area contributed by atoms with Gasteiger partial charge in [0.15, 0.2) is 0 Å². The SMILES string of the molecule is CCNCc1nnc(Nc2cc(Cl)ccc2Cl)o1. The highest BCUT2D eigenvalue weighted by Crippen LogP contribution is 2.27. The van der Waals surface area contributed by atoms with Crippen molar-refractivity contribution in [2.45, 2.75) is 13.5 Å². The third kappa shape index (κ3) is 3.35. The summed E-state index contributed by atoms with van der Waals surface area (Å²) in [5.74, 6) is 0.512. The zero-order valence-corrected chi connectivity index (χ0v) is 11.2. The Labute approximate surface area is 114 Å². The molecule has 0 aliphatic rings. The monoisotopic (exact) mass is 286 g/mol. The largest absolute Gasteiger partial charge is 0.406 e. The lowest BCUT2D eigenvalue weighted by Crippen LogP contribution is -2.11. The van der Waals surface area contributed by atoms with E-state index in [1.807, 2.05) is 6.92 Å². The van der Waals surface area contributed by atoms with Crippen LogP contribution in [-0.4, -0.2) is 16.7 Å². The summed E-state index contributed by atoms with van der Waals surface area (Å²) in [7, 11) is 0. The molecule has 0 atom stereocenters. The molecule has 0 aliphatic carbocycles. The third-order valence-electron chi connectivity index (χ3n) is 2.16. The van der Waals surface area contributed by atoms with Crippen molar-refractivity contribution in [1.29, 1.82) is 0 Å². The lowest BCUT2D eigenvalue weighted by molar-refractivity contribution is 0.484. The molecule has 0 fully saturated rings. The first-order chi connectivity index (χ1) is 8.69. The molecule has 0 unspecified atom stereocenters. The number of nitrogens with one attached hydrogen (secondary N) is 2. The van der Waals surface area contributed by atoms with Gasteiger partial charge < -0.3 is 15.1 Å². The highest BCUT2D eigenvalue weighted by Gasteiger charge is 2.08. The van der Waals surface area contributed by atoms with Crippen molar-refractivity contribution in [1.82, 2.24) is 15.5 Å². The Hall–Kier alpha value is -1.30. The van der Waals surface area contributed by atoms with Crippen LogP contribution in [-0.2, 0) is 6.54 Å². The Balaban J connectivity index is 2.08. The summed E-state index contributed by atoms with van der Waals surface area (Å²) in [5.41, 5.74) is 0.628. The number of halogens is 2. The van der Waals surface area contributed by atoms with Crippen LogP contribution >= 0.6 is 23.2 Å². The number of aromatic nitrogens is 2. The molecule has 0 amide bonds. The fourth-order valence-corrected chi connectivity index (χ4v) is 1.65. The molecule has 7 heteroatoms. The average molecular weight is 287 g/mol. The molecule has 0 aliphatic heterocycles. The maximum Gasteiger partial charge on any atom is 0.320 e. The molecule has 1 aromatic heterocycles. The lowest BCUT2D eigenvalue weighted by atomic mass is 10.3. The van der Waals surface area contributed by atoms with Crippen molar-refractivity contribution in [2.24, 2.45) is 0 Å². The fourth-order valence-electron chi connectivity index (χ4n) is 1.32. The molecule has 1 heterocycles. The van der Waals surface area contributed by atoms with Crippen molar-refractivity contribution in [2.75, 3.05) is 11.9 Å². The van der Waals surface area contributed by atoms with Gasteiger partial charge in [-0.3, -0.25) is 0 Å². The summed E-state index contributed by atoms with van der Waals surface area (Å²) < 4.78 is 5.39. The van der Waals surface area contributed by atoms with Crippen LogP contribution in [0.15, 0.2) is 22.6 Å². The Morgan fingerprint density at radius 1 is 1.28 bits per heavy atom. The average Bonchev–Trinajstić information content (AvgIpc) is 2.79. The van der Waals surface area contributed by atoms with Crippen LogP contribution in [0.3, 0.4) is 0 Å². The van der Waals surface area contributed by atoms with Gasteiger partial charge in [0.05, 0.1) is 17.3 Å². The standard InChI is InChI=1S/C11H12Cl2N4O/c1-2-14-6-10-16-17-11(18-10)15-9-5-7(12)3-4-8(9)13/h3-5,14H,2,6H2,1H3,(H,15,17). The first-order valence-corrected chi connectivity index (χ1v) is 6.20. The summed E-state index contributed by atoms with van der Waals surface area (Å²) in [6.45, 7) is 3.38. The molecule has 18 heavy (non-hydrogen) atoms. The second-order valence-corrected chi connectivity index (χ2v) is 4.37. The van der Waals surface area contributed by atoms with Crippen molar-refractivity contribution < 1.29 is 4.42 Å². The quantitative estimate of drug-likeness (QED) is 0.884. The van der Waals surface area contributed by atoms with E-state index in [0.717, 1.165) is 6.54 Å². The van der Waals surface area contributed by atoms with Crippen LogP contribution in [0.5, 0.6) is 0 Å². The van der Waals surface area contributed by atoms with Gasteiger partial charge in [-0.15, -0.1) is 5.10 Å². The van der Waals surface area contributed by atoms with E-state index in [2.05, 4.69) is 20.8 Å². The summed E-state index contributed by atoms with van der Waals surface area (Å²) in [4.78, 5) is 0. The van der Waals surface area contributed by atoms with Gasteiger partial charge in [0, 0.05) is 5.02 Å². The maximum atomic E-state index is 6.01. The molecule has 2 aromatic rings. The second kappa shape index (κ2) is 6.04. The van der Waals surface area contributed by atoms with E-state index < -0.39 is 0 Å². The predicted octanol–water partition coefficient (Wildman–Crippen LogP) is 3.23. The zero-order chi connectivity index (χ0) is 13.0. The third-order valence-corrected chi connectivity index (χ3v) is 2.73. The highest BCUT2D eigenvalue weighted by molar-refractivity contribution is 6.35. The number of hydrogen-bond acceptors (Lipinski definition) is 5. The van der Waals surface area contributed by atoms with Crippen molar-refractivity contribution in [3.8, 4) is 0 Å². The van der Waals surface area contributed by atoms with E-state index in [1.54, 1.807) is 18.2 Å². The number of anilines is 2. The molecule has 0 bridgehead atoms. The van der Waals surface area contributed by atoms with Crippen molar-refractivity contribution in [3.05, 3.63) is 34.1 Å². The minimum absolute atomic E-state index is 0.284. The number of benzene rings is 1. The van der Waals surface area contributed by atoms with Gasteiger partial charge in [-0.1, -0.05) is 35.2 Å². The van der Waals surface area contributed by atoms with E-state index in [4.69, 9.17) is 27.6 Å². The Kier molecular flexibility index (Phi) is 4.41. The first-order valence-electron chi connectivity index (χ1n) is 5.44. The summed E-state index contributed by atoms with van der Waals surface area (Å²) in [5, 5.41) is 14.9. The van der Waals surface area contributed by atoms with Crippen LogP contribution in [0.4, 0.5) is 11.7 Å². The van der Waals surface area contributed by atoms with E-state index in [1.165, 1.54) is 0 Å². The zero-order valence-electron chi connectivity index (χ0n) is 9.70. The van der Waals surface area contributed by atoms with Gasteiger partial charge in [-0.25, -0.2) is 0 Å². The molecule has 5 nitrogen and oxygen atoms in total. The summed E-state index contributed by atoms with van der Waals surface area (Å²) >= 11 is 11.9. The van der Waals surface area contributed by atoms with E-state index in [-0.39, 0.29) is 6.01 Å². The highest BCUT2D eigenvalue weighted by atomic mass is 35.5. The molecule has 0 spiro atoms. The molecule has 2 rings (SSSR count). The molecule has 2 N–H and O–H groups in total. The lowest BCUT2D eigenvalue weighted by Gasteiger charge is -2.04. The van der Waals surface area contributed by atoms with Crippen LogP contribution in [0.2, 0.25) is 10.0 Å². The van der Waals surface area contributed by atoms with Crippen LogP contribution in [0.1, 0.15) is 12.8 Å². The summed E-state index contributed by atoms with van der Waals surface area (Å²) in [6.07, 6.45) is 0. The Bertz CT molecular complexity index is 530. The maximum absolute atomic E-state index is 6.01. The molecular weight excluding hydrogens is 275 g/mol. The molecule has 0 radical (unpaired) electrons. The number of rotatable bonds is 5. The Morgan fingerprint density at radius 3 is 2.89 bits per heavy atom. The van der Waals surface area contributed by atoms with Gasteiger partial charge >= 0.3 is 6.01 Å². The Morgan fingerprint density at radius 2 is 2.11 bits per heavy atom. The van der Waals surface area contributed by atoms with Gasteiger partial charge in [0.25, 0.3) is 0 Å². The van der Waals surface area contributed by atoms with Crippen LogP contribution in [0.25, 0.3) is 0 Å². The van der Waals surface area contributed by atoms with E-state index in [9.17, 15) is 0 Å². The van der Waals surface area contributed by atoms with Gasteiger partial charge in [-0.05, 0) is 24.7 Å². The first kappa shape index (κ1) is 13.1. The van der Waals surface area contributed by atoms with Crippen LogP contribution in [0, 0.1) is 0 Å². The van der Waals surface area contributed by atoms with Crippen molar-refractivity contribution >= 4 is 34.9 Å². The van der Waals surface area contributed by atoms with Gasteiger partial charge in [0.1, 0.15) is 0 Å². The molecule has 0 saturated heterocycles. The summed E-state index contributed by atoms with van der Waals surface area (Å²) in [6, 6.07) is 5.38. The van der Waals surface area contributed by atoms with Crippen LogP contribution < -0.4 is 10.6 Å².